The van der Waals surface area contributed by atoms with Gasteiger partial charge in [0.1, 0.15) is 0 Å². The van der Waals surface area contributed by atoms with Crippen molar-refractivity contribution in [2.45, 2.75) is 83.1 Å². The number of rotatable bonds is 11. The molecule has 21 heavy (non-hydrogen) atoms. The Labute approximate surface area is 131 Å². The Morgan fingerprint density at radius 1 is 0.952 bits per heavy atom. The fourth-order valence-corrected chi connectivity index (χ4v) is 3.69. The molecule has 1 unspecified atom stereocenters. The average Bonchev–Trinajstić information content (AvgIpc) is 3.32. The Morgan fingerprint density at radius 3 is 2.24 bits per heavy atom. The molecule has 1 aliphatic carbocycles. The molecule has 0 radical (unpaired) electrons. The van der Waals surface area contributed by atoms with Gasteiger partial charge < -0.3 is 5.32 Å². The minimum absolute atomic E-state index is 0.445. The molecule has 0 aliphatic heterocycles. The summed E-state index contributed by atoms with van der Waals surface area (Å²) < 4.78 is 0. The molecule has 1 saturated carbocycles. The molecular formula is C20H33N. The van der Waals surface area contributed by atoms with E-state index in [4.69, 9.17) is 0 Å². The van der Waals surface area contributed by atoms with Crippen molar-refractivity contribution in [2.75, 3.05) is 6.54 Å². The summed E-state index contributed by atoms with van der Waals surface area (Å²) >= 11 is 0. The fourth-order valence-electron chi connectivity index (χ4n) is 3.69. The third-order valence-corrected chi connectivity index (χ3v) is 5.10. The van der Waals surface area contributed by atoms with E-state index >= 15 is 0 Å². The van der Waals surface area contributed by atoms with Crippen molar-refractivity contribution >= 4 is 0 Å². The summed E-state index contributed by atoms with van der Waals surface area (Å²) in [5.74, 6) is 0. The summed E-state index contributed by atoms with van der Waals surface area (Å²) in [7, 11) is 0. The molecule has 1 heteroatoms. The molecule has 1 nitrogen and oxygen atoms in total. The van der Waals surface area contributed by atoms with E-state index < -0.39 is 0 Å². The third kappa shape index (κ3) is 4.57. The van der Waals surface area contributed by atoms with Crippen LogP contribution in [0.5, 0.6) is 0 Å². The second-order valence-electron chi connectivity index (χ2n) is 6.69. The molecule has 118 valence electrons. The van der Waals surface area contributed by atoms with Crippen LogP contribution >= 0.6 is 0 Å². The predicted octanol–water partition coefficient (Wildman–Crippen LogP) is 5.45. The van der Waals surface area contributed by atoms with Gasteiger partial charge in [-0.15, -0.1) is 0 Å². The normalized spacial score (nSPS) is 17.6. The first kappa shape index (κ1) is 16.5. The summed E-state index contributed by atoms with van der Waals surface area (Å²) in [5, 5.41) is 3.79. The lowest BCUT2D eigenvalue weighted by Gasteiger charge is -2.28. The number of nitrogens with one attached hydrogen (secondary N) is 1. The van der Waals surface area contributed by atoms with Crippen molar-refractivity contribution < 1.29 is 0 Å². The van der Waals surface area contributed by atoms with Gasteiger partial charge in [-0.2, -0.15) is 0 Å². The number of likely N-dealkylation sites (N-methyl/N-ethyl adjacent to an activating group) is 1. The topological polar surface area (TPSA) is 12.0 Å². The monoisotopic (exact) mass is 287 g/mol. The van der Waals surface area contributed by atoms with Gasteiger partial charge in [0, 0.05) is 11.5 Å². The van der Waals surface area contributed by atoms with Gasteiger partial charge in [-0.3, -0.25) is 0 Å². The quantitative estimate of drug-likeness (QED) is 0.534. The van der Waals surface area contributed by atoms with Gasteiger partial charge in [-0.05, 0) is 31.4 Å². The molecule has 1 N–H and O–H groups in total. The van der Waals surface area contributed by atoms with Crippen LogP contribution in [0.2, 0.25) is 0 Å². The standard InChI is InChI=1S/C20H33N/c1-3-5-6-7-8-12-15-19(21-4-2)20(16-17-20)18-13-10-9-11-14-18/h9-11,13-14,19,21H,3-8,12,15-17H2,1-2H3. The minimum Gasteiger partial charge on any atom is -0.313 e. The van der Waals surface area contributed by atoms with E-state index in [2.05, 4.69) is 49.5 Å². The van der Waals surface area contributed by atoms with Gasteiger partial charge in [0.25, 0.3) is 0 Å². The SMILES string of the molecule is CCCCCCCCC(NCC)C1(c2ccccc2)CC1. The Kier molecular flexibility index (Phi) is 6.76. The molecule has 0 amide bonds. The number of unbranched alkanes of at least 4 members (excludes halogenated alkanes) is 5. The smallest absolute Gasteiger partial charge is 0.0164 e. The lowest BCUT2D eigenvalue weighted by molar-refractivity contribution is 0.383. The number of benzene rings is 1. The van der Waals surface area contributed by atoms with Crippen molar-refractivity contribution in [3.05, 3.63) is 35.9 Å². The van der Waals surface area contributed by atoms with E-state index in [1.54, 1.807) is 5.56 Å². The van der Waals surface area contributed by atoms with Crippen LogP contribution in [-0.4, -0.2) is 12.6 Å². The van der Waals surface area contributed by atoms with Crippen LogP contribution in [0.25, 0.3) is 0 Å². The van der Waals surface area contributed by atoms with Gasteiger partial charge in [0.15, 0.2) is 0 Å². The Hall–Kier alpha value is -0.820. The van der Waals surface area contributed by atoms with E-state index in [0.29, 0.717) is 11.5 Å². The van der Waals surface area contributed by atoms with Crippen LogP contribution in [0.1, 0.15) is 77.2 Å². The highest BCUT2D eigenvalue weighted by atomic mass is 14.9. The van der Waals surface area contributed by atoms with Gasteiger partial charge in [-0.1, -0.05) is 82.7 Å². The van der Waals surface area contributed by atoms with Crippen LogP contribution in [0.3, 0.4) is 0 Å². The zero-order valence-electron chi connectivity index (χ0n) is 14.0. The van der Waals surface area contributed by atoms with E-state index in [-0.39, 0.29) is 0 Å². The molecule has 1 fully saturated rings. The third-order valence-electron chi connectivity index (χ3n) is 5.10. The second kappa shape index (κ2) is 8.58. The molecule has 1 aromatic rings. The van der Waals surface area contributed by atoms with Crippen molar-refractivity contribution in [1.29, 1.82) is 0 Å². The van der Waals surface area contributed by atoms with Crippen LogP contribution < -0.4 is 5.32 Å². The molecule has 0 saturated heterocycles. The summed E-state index contributed by atoms with van der Waals surface area (Å²) in [6.45, 7) is 5.63. The molecule has 1 aromatic carbocycles. The van der Waals surface area contributed by atoms with Crippen LogP contribution in [0.4, 0.5) is 0 Å². The Balaban J connectivity index is 1.84. The Bertz CT molecular complexity index is 380. The maximum Gasteiger partial charge on any atom is 0.0164 e. The minimum atomic E-state index is 0.445. The number of hydrogen-bond acceptors (Lipinski definition) is 1. The molecule has 2 rings (SSSR count). The lowest BCUT2D eigenvalue weighted by atomic mass is 9.85. The maximum atomic E-state index is 3.79. The lowest BCUT2D eigenvalue weighted by Crippen LogP contribution is -2.40. The summed E-state index contributed by atoms with van der Waals surface area (Å²) in [4.78, 5) is 0. The van der Waals surface area contributed by atoms with Gasteiger partial charge in [0.2, 0.25) is 0 Å². The van der Waals surface area contributed by atoms with Gasteiger partial charge >= 0.3 is 0 Å². The highest BCUT2D eigenvalue weighted by Crippen LogP contribution is 2.52. The first-order valence-electron chi connectivity index (χ1n) is 9.12. The zero-order valence-corrected chi connectivity index (χ0v) is 14.0. The summed E-state index contributed by atoms with van der Waals surface area (Å²) in [5.41, 5.74) is 2.00. The summed E-state index contributed by atoms with van der Waals surface area (Å²) in [6, 6.07) is 11.9. The molecule has 1 atom stereocenters. The van der Waals surface area contributed by atoms with Crippen LogP contribution in [0, 0.1) is 0 Å². The van der Waals surface area contributed by atoms with Gasteiger partial charge in [0.05, 0.1) is 0 Å². The fraction of sp³-hybridized carbons (Fsp3) is 0.700. The van der Waals surface area contributed by atoms with E-state index in [1.165, 1.54) is 57.8 Å². The van der Waals surface area contributed by atoms with E-state index in [0.717, 1.165) is 6.54 Å². The summed E-state index contributed by atoms with van der Waals surface area (Å²) in [6.07, 6.45) is 12.5. The van der Waals surface area contributed by atoms with Gasteiger partial charge in [-0.25, -0.2) is 0 Å². The van der Waals surface area contributed by atoms with E-state index in [1.807, 2.05) is 0 Å². The molecule has 0 bridgehead atoms. The molecule has 0 spiro atoms. The first-order valence-corrected chi connectivity index (χ1v) is 9.12. The van der Waals surface area contributed by atoms with E-state index in [9.17, 15) is 0 Å². The van der Waals surface area contributed by atoms with Crippen molar-refractivity contribution in [1.82, 2.24) is 5.32 Å². The molecule has 0 heterocycles. The Morgan fingerprint density at radius 2 is 1.62 bits per heavy atom. The highest BCUT2D eigenvalue weighted by Gasteiger charge is 2.49. The van der Waals surface area contributed by atoms with Crippen molar-refractivity contribution in [2.24, 2.45) is 0 Å². The first-order chi connectivity index (χ1) is 10.3. The van der Waals surface area contributed by atoms with Crippen molar-refractivity contribution in [3.63, 3.8) is 0 Å². The predicted molar refractivity (Wildman–Crippen MR) is 92.8 cm³/mol. The van der Waals surface area contributed by atoms with Crippen LogP contribution in [0.15, 0.2) is 30.3 Å². The zero-order chi connectivity index (χ0) is 15.0. The van der Waals surface area contributed by atoms with Crippen molar-refractivity contribution in [3.8, 4) is 0 Å². The number of hydrogen-bond donors (Lipinski definition) is 1. The average molecular weight is 287 g/mol. The maximum absolute atomic E-state index is 3.79. The molecule has 0 aromatic heterocycles. The second-order valence-corrected chi connectivity index (χ2v) is 6.69. The van der Waals surface area contributed by atoms with Crippen LogP contribution in [-0.2, 0) is 5.41 Å². The molecular weight excluding hydrogens is 254 g/mol. The molecule has 1 aliphatic rings. The largest absolute Gasteiger partial charge is 0.313 e. The highest BCUT2D eigenvalue weighted by molar-refractivity contribution is 5.33.